The van der Waals surface area contributed by atoms with Crippen LogP contribution < -0.4 is 21.3 Å². The van der Waals surface area contributed by atoms with Crippen LogP contribution in [0.25, 0.3) is 10.9 Å². The van der Waals surface area contributed by atoms with Gasteiger partial charge in [0.15, 0.2) is 5.78 Å². The molecule has 0 fully saturated rings. The molecule has 0 aliphatic carbocycles. The van der Waals surface area contributed by atoms with Gasteiger partial charge in [0.2, 0.25) is 23.6 Å². The molecule has 48 heavy (non-hydrogen) atoms. The third-order valence-corrected chi connectivity index (χ3v) is 7.96. The number of aromatic nitrogens is 1. The van der Waals surface area contributed by atoms with Crippen molar-refractivity contribution >= 4 is 46.3 Å². The molecule has 0 saturated heterocycles. The molecule has 1 aromatic heterocycles. The van der Waals surface area contributed by atoms with Crippen LogP contribution >= 0.6 is 0 Å². The summed E-state index contributed by atoms with van der Waals surface area (Å²) < 4.78 is 0. The standard InChI is InChI=1S/C34H43N5O9/c1-5-27(42)25(16-22-17-35-24-14-10-9-13-23(22)24)36-32(45)28(19(3)40)39-33(46)29(20(4)41)38-31(44)18(2)30(43)37-26(34(47)48)15-21-11-7-6-8-12-21/h6-14,17-20,25-26,28-29,35,40-41H,5,15-16H2,1-4H3,(H,36,45)(H,37,43)(H,38,44)(H,39,46)(H,47,48)/t18?,19-,20-,25+,26+,28+,29+/m1/s1. The summed E-state index contributed by atoms with van der Waals surface area (Å²) in [4.78, 5) is 80.1. The Hall–Kier alpha value is -5.08. The summed E-state index contributed by atoms with van der Waals surface area (Å²) in [5.41, 5.74) is 2.27. The molecule has 8 N–H and O–H groups in total. The Kier molecular flexibility index (Phi) is 13.4. The minimum absolute atomic E-state index is 0.0375. The number of Topliss-reactive ketones (excluding diaryl/α,β-unsaturated/α-hetero) is 1. The first-order chi connectivity index (χ1) is 22.7. The van der Waals surface area contributed by atoms with E-state index in [2.05, 4.69) is 26.3 Å². The molecular weight excluding hydrogens is 622 g/mol. The van der Waals surface area contributed by atoms with Crippen LogP contribution in [0.2, 0.25) is 0 Å². The van der Waals surface area contributed by atoms with E-state index in [4.69, 9.17) is 0 Å². The minimum atomic E-state index is -1.67. The number of carbonyl (C=O) groups is 6. The lowest BCUT2D eigenvalue weighted by atomic mass is 9.99. The predicted octanol–water partition coefficient (Wildman–Crippen LogP) is 0.354. The first-order valence-electron chi connectivity index (χ1n) is 15.6. The van der Waals surface area contributed by atoms with Crippen LogP contribution in [0.4, 0.5) is 0 Å². The van der Waals surface area contributed by atoms with Crippen LogP contribution in [0, 0.1) is 5.92 Å². The van der Waals surface area contributed by atoms with Gasteiger partial charge in [0, 0.05) is 36.4 Å². The van der Waals surface area contributed by atoms with E-state index < -0.39 is 71.9 Å². The fourth-order valence-corrected chi connectivity index (χ4v) is 5.07. The highest BCUT2D eigenvalue weighted by molar-refractivity contribution is 6.03. The number of benzene rings is 2. The molecule has 3 aromatic rings. The monoisotopic (exact) mass is 665 g/mol. The lowest BCUT2D eigenvalue weighted by molar-refractivity contribution is -0.144. The molecule has 1 heterocycles. The fourth-order valence-electron chi connectivity index (χ4n) is 5.07. The van der Waals surface area contributed by atoms with Crippen LogP contribution in [0.3, 0.4) is 0 Å². The molecule has 7 atom stereocenters. The minimum Gasteiger partial charge on any atom is -0.480 e. The van der Waals surface area contributed by atoms with Gasteiger partial charge in [-0.2, -0.15) is 0 Å². The summed E-state index contributed by atoms with van der Waals surface area (Å²) in [6.45, 7) is 5.29. The van der Waals surface area contributed by atoms with Crippen molar-refractivity contribution in [1.29, 1.82) is 0 Å². The van der Waals surface area contributed by atoms with E-state index in [9.17, 15) is 44.1 Å². The van der Waals surface area contributed by atoms with Gasteiger partial charge in [-0.25, -0.2) is 4.79 Å². The number of para-hydroxylation sites is 1. The van der Waals surface area contributed by atoms with E-state index >= 15 is 0 Å². The zero-order valence-corrected chi connectivity index (χ0v) is 27.2. The molecule has 0 bridgehead atoms. The third kappa shape index (κ3) is 9.96. The zero-order valence-electron chi connectivity index (χ0n) is 27.2. The smallest absolute Gasteiger partial charge is 0.326 e. The maximum atomic E-state index is 13.3. The van der Waals surface area contributed by atoms with Gasteiger partial charge in [0.1, 0.15) is 24.0 Å². The highest BCUT2D eigenvalue weighted by atomic mass is 16.4. The second kappa shape index (κ2) is 17.2. The SMILES string of the molecule is CCC(=O)[C@H](Cc1c[nH]c2ccccc12)NC(=O)[C@@H](NC(=O)[C@@H](NC(=O)C(C)C(=O)N[C@@H](Cc1ccccc1)C(=O)O)[C@@H](C)O)[C@@H](C)O. The quantitative estimate of drug-likeness (QED) is 0.0930. The molecule has 3 rings (SSSR count). The van der Waals surface area contributed by atoms with Crippen LogP contribution in [-0.2, 0) is 41.6 Å². The Morgan fingerprint density at radius 1 is 0.688 bits per heavy atom. The van der Waals surface area contributed by atoms with E-state index in [1.807, 2.05) is 24.3 Å². The average molecular weight is 666 g/mol. The number of ketones is 1. The lowest BCUT2D eigenvalue weighted by Gasteiger charge is -2.28. The Balaban J connectivity index is 1.68. The van der Waals surface area contributed by atoms with Crippen LogP contribution in [0.15, 0.2) is 60.8 Å². The number of amides is 4. The maximum absolute atomic E-state index is 13.3. The molecule has 0 saturated carbocycles. The Morgan fingerprint density at radius 2 is 1.21 bits per heavy atom. The van der Waals surface area contributed by atoms with Gasteiger partial charge in [0.05, 0.1) is 18.2 Å². The van der Waals surface area contributed by atoms with Gasteiger partial charge >= 0.3 is 5.97 Å². The number of carbonyl (C=O) groups excluding carboxylic acids is 5. The van der Waals surface area contributed by atoms with Crippen molar-refractivity contribution in [3.8, 4) is 0 Å². The van der Waals surface area contributed by atoms with Gasteiger partial charge in [-0.05, 0) is 38.0 Å². The van der Waals surface area contributed by atoms with Gasteiger partial charge in [-0.15, -0.1) is 0 Å². The van der Waals surface area contributed by atoms with E-state index in [1.54, 1.807) is 43.5 Å². The number of rotatable bonds is 17. The van der Waals surface area contributed by atoms with Crippen molar-refractivity contribution in [3.63, 3.8) is 0 Å². The highest BCUT2D eigenvalue weighted by Crippen LogP contribution is 2.20. The van der Waals surface area contributed by atoms with E-state index in [1.165, 1.54) is 20.8 Å². The zero-order chi connectivity index (χ0) is 35.5. The number of aromatic amines is 1. The molecule has 258 valence electrons. The van der Waals surface area contributed by atoms with Crippen LogP contribution in [0.1, 0.15) is 45.2 Å². The number of H-pyrrole nitrogens is 1. The Bertz CT molecular complexity index is 1600. The van der Waals surface area contributed by atoms with Gasteiger partial charge < -0.3 is 41.6 Å². The molecule has 2 aromatic carbocycles. The third-order valence-electron chi connectivity index (χ3n) is 7.96. The summed E-state index contributed by atoms with van der Waals surface area (Å²) in [7, 11) is 0. The number of carboxylic acids is 1. The topological polar surface area (TPSA) is 227 Å². The van der Waals surface area contributed by atoms with Gasteiger partial charge in [-0.3, -0.25) is 24.0 Å². The van der Waals surface area contributed by atoms with Crippen molar-refractivity contribution < 1.29 is 44.1 Å². The van der Waals surface area contributed by atoms with Crippen LogP contribution in [-0.4, -0.2) is 92.1 Å². The predicted molar refractivity (Wildman–Crippen MR) is 175 cm³/mol. The number of carboxylic acid groups (broad SMARTS) is 1. The molecule has 0 aliphatic rings. The van der Waals surface area contributed by atoms with Crippen molar-refractivity contribution in [1.82, 2.24) is 26.3 Å². The average Bonchev–Trinajstić information content (AvgIpc) is 3.46. The number of aliphatic carboxylic acids is 1. The van der Waals surface area contributed by atoms with Crippen LogP contribution in [0.5, 0.6) is 0 Å². The van der Waals surface area contributed by atoms with E-state index in [0.29, 0.717) is 5.56 Å². The first-order valence-corrected chi connectivity index (χ1v) is 15.6. The summed E-state index contributed by atoms with van der Waals surface area (Å²) in [5.74, 6) is -6.90. The summed E-state index contributed by atoms with van der Waals surface area (Å²) in [5, 5.41) is 40.8. The van der Waals surface area contributed by atoms with Crippen molar-refractivity contribution in [3.05, 3.63) is 71.9 Å². The molecule has 1 unspecified atom stereocenters. The summed E-state index contributed by atoms with van der Waals surface area (Å²) in [6, 6.07) is 10.4. The van der Waals surface area contributed by atoms with Crippen molar-refractivity contribution in [2.45, 2.75) is 83.3 Å². The van der Waals surface area contributed by atoms with Crippen molar-refractivity contribution in [2.75, 3.05) is 0 Å². The summed E-state index contributed by atoms with van der Waals surface area (Å²) in [6.07, 6.45) is -1.01. The lowest BCUT2D eigenvalue weighted by Crippen LogP contribution is -2.61. The van der Waals surface area contributed by atoms with Crippen molar-refractivity contribution in [2.24, 2.45) is 5.92 Å². The van der Waals surface area contributed by atoms with E-state index in [-0.39, 0.29) is 25.0 Å². The number of nitrogens with one attached hydrogen (secondary N) is 5. The molecule has 0 spiro atoms. The summed E-state index contributed by atoms with van der Waals surface area (Å²) >= 11 is 0. The molecule has 14 nitrogen and oxygen atoms in total. The second-order valence-electron chi connectivity index (χ2n) is 11.7. The first kappa shape index (κ1) is 37.4. The molecule has 4 amide bonds. The van der Waals surface area contributed by atoms with E-state index in [0.717, 1.165) is 16.5 Å². The number of fused-ring (bicyclic) bond motifs is 1. The van der Waals surface area contributed by atoms with Gasteiger partial charge in [-0.1, -0.05) is 55.5 Å². The second-order valence-corrected chi connectivity index (χ2v) is 11.7. The normalized spacial score (nSPS) is 15.5. The Morgan fingerprint density at radius 3 is 1.79 bits per heavy atom. The number of aliphatic hydroxyl groups excluding tert-OH is 2. The molecule has 0 radical (unpaired) electrons. The Labute approximate surface area is 277 Å². The number of hydrogen-bond donors (Lipinski definition) is 8. The largest absolute Gasteiger partial charge is 0.480 e. The fraction of sp³-hybridized carbons (Fsp3) is 0.412. The number of aliphatic hydroxyl groups is 2. The molecule has 14 heteroatoms. The maximum Gasteiger partial charge on any atom is 0.326 e. The van der Waals surface area contributed by atoms with Gasteiger partial charge in [0.25, 0.3) is 0 Å². The highest BCUT2D eigenvalue weighted by Gasteiger charge is 2.36. The number of hydrogen-bond acceptors (Lipinski definition) is 8. The molecule has 0 aliphatic heterocycles. The molecular formula is C34H43N5O9.